The maximum atomic E-state index is 12.7. The van der Waals surface area contributed by atoms with Gasteiger partial charge in [0.05, 0.1) is 12.2 Å². The third-order valence-electron chi connectivity index (χ3n) is 4.18. The Labute approximate surface area is 146 Å². The summed E-state index contributed by atoms with van der Waals surface area (Å²) < 4.78 is 71.7. The standard InChI is InChI=1S/C16H23F3N2O3S/c1-24-12-14-5-3-9-21(11-14)25(22,23)20-8-7-13-4-2-6-15(10-13)16(17,18)19/h2,4,6,10,14,20H,3,5,7-9,11-12H2,1H3. The van der Waals surface area contributed by atoms with Gasteiger partial charge in [0.2, 0.25) is 0 Å². The Kier molecular flexibility index (Phi) is 6.84. The van der Waals surface area contributed by atoms with Crippen LogP contribution in [0.25, 0.3) is 0 Å². The molecule has 2 rings (SSSR count). The van der Waals surface area contributed by atoms with E-state index >= 15 is 0 Å². The molecule has 1 aliphatic heterocycles. The summed E-state index contributed by atoms with van der Waals surface area (Å²) in [6.45, 7) is 1.40. The zero-order valence-corrected chi connectivity index (χ0v) is 14.9. The molecule has 0 bridgehead atoms. The van der Waals surface area contributed by atoms with Crippen LogP contribution in [0.4, 0.5) is 13.2 Å². The summed E-state index contributed by atoms with van der Waals surface area (Å²) in [7, 11) is -2.05. The van der Waals surface area contributed by atoms with Crippen LogP contribution in [0.15, 0.2) is 24.3 Å². The van der Waals surface area contributed by atoms with Crippen LogP contribution < -0.4 is 4.72 Å². The lowest BCUT2D eigenvalue weighted by atomic mass is 10.0. The van der Waals surface area contributed by atoms with Gasteiger partial charge in [-0.3, -0.25) is 0 Å². The van der Waals surface area contributed by atoms with Gasteiger partial charge in [-0.1, -0.05) is 18.2 Å². The highest BCUT2D eigenvalue weighted by Gasteiger charge is 2.31. The number of nitrogens with one attached hydrogen (secondary N) is 1. The zero-order chi connectivity index (χ0) is 18.5. The van der Waals surface area contributed by atoms with Crippen molar-refractivity contribution in [3.8, 4) is 0 Å². The van der Waals surface area contributed by atoms with E-state index in [2.05, 4.69) is 4.72 Å². The number of rotatable bonds is 7. The van der Waals surface area contributed by atoms with Gasteiger partial charge in [-0.25, -0.2) is 4.72 Å². The molecule has 9 heteroatoms. The molecular weight excluding hydrogens is 357 g/mol. The number of methoxy groups -OCH3 is 1. The lowest BCUT2D eigenvalue weighted by molar-refractivity contribution is -0.137. The maximum absolute atomic E-state index is 12.7. The van der Waals surface area contributed by atoms with Crippen molar-refractivity contribution in [1.82, 2.24) is 9.03 Å². The Bertz CT molecular complexity index is 663. The minimum atomic E-state index is -4.40. The number of nitrogens with zero attached hydrogens (tertiary/aromatic N) is 1. The van der Waals surface area contributed by atoms with Gasteiger partial charge >= 0.3 is 6.18 Å². The predicted octanol–water partition coefficient (Wildman–Crippen LogP) is 2.44. The Morgan fingerprint density at radius 2 is 2.12 bits per heavy atom. The third-order valence-corrected chi connectivity index (χ3v) is 5.76. The fourth-order valence-electron chi connectivity index (χ4n) is 2.94. The van der Waals surface area contributed by atoms with Crippen molar-refractivity contribution < 1.29 is 26.3 Å². The van der Waals surface area contributed by atoms with Crippen LogP contribution in [0, 0.1) is 5.92 Å². The van der Waals surface area contributed by atoms with Gasteiger partial charge in [0.25, 0.3) is 10.2 Å². The van der Waals surface area contributed by atoms with Crippen LogP contribution in [-0.2, 0) is 27.5 Å². The van der Waals surface area contributed by atoms with Crippen molar-refractivity contribution in [2.75, 3.05) is 33.4 Å². The highest BCUT2D eigenvalue weighted by Crippen LogP contribution is 2.29. The van der Waals surface area contributed by atoms with Crippen molar-refractivity contribution in [3.05, 3.63) is 35.4 Å². The topological polar surface area (TPSA) is 58.6 Å². The summed E-state index contributed by atoms with van der Waals surface area (Å²) in [4.78, 5) is 0. The summed E-state index contributed by atoms with van der Waals surface area (Å²) in [5.41, 5.74) is -0.292. The van der Waals surface area contributed by atoms with E-state index in [1.807, 2.05) is 0 Å². The first kappa shape index (κ1) is 20.2. The Balaban J connectivity index is 1.90. The molecule has 1 N–H and O–H groups in total. The van der Waals surface area contributed by atoms with E-state index in [4.69, 9.17) is 4.74 Å². The number of halogens is 3. The van der Waals surface area contributed by atoms with Crippen molar-refractivity contribution in [2.24, 2.45) is 5.92 Å². The minimum Gasteiger partial charge on any atom is -0.384 e. The van der Waals surface area contributed by atoms with Crippen LogP contribution in [0.3, 0.4) is 0 Å². The average molecular weight is 380 g/mol. The molecule has 1 fully saturated rings. The number of alkyl halides is 3. The molecule has 0 spiro atoms. The Morgan fingerprint density at radius 3 is 2.80 bits per heavy atom. The summed E-state index contributed by atoms with van der Waals surface area (Å²) >= 11 is 0. The highest BCUT2D eigenvalue weighted by molar-refractivity contribution is 7.87. The maximum Gasteiger partial charge on any atom is 0.416 e. The van der Waals surface area contributed by atoms with Crippen LogP contribution in [0.1, 0.15) is 24.0 Å². The molecule has 0 aliphatic carbocycles. The number of benzene rings is 1. The van der Waals surface area contributed by atoms with Crippen molar-refractivity contribution in [3.63, 3.8) is 0 Å². The molecule has 1 aromatic rings. The lowest BCUT2D eigenvalue weighted by Gasteiger charge is -2.31. The van der Waals surface area contributed by atoms with Gasteiger partial charge in [-0.2, -0.15) is 25.9 Å². The highest BCUT2D eigenvalue weighted by atomic mass is 32.2. The Hall–Kier alpha value is -1.16. The van der Waals surface area contributed by atoms with Gasteiger partial charge in [0.1, 0.15) is 0 Å². The molecular formula is C16H23F3N2O3S. The summed E-state index contributed by atoms with van der Waals surface area (Å²) in [6, 6.07) is 4.92. The number of piperidine rings is 1. The normalized spacial score (nSPS) is 19.9. The fraction of sp³-hybridized carbons (Fsp3) is 0.625. The van der Waals surface area contributed by atoms with E-state index < -0.39 is 21.9 Å². The van der Waals surface area contributed by atoms with Crippen molar-refractivity contribution in [1.29, 1.82) is 0 Å². The molecule has 1 unspecified atom stereocenters. The monoisotopic (exact) mass is 380 g/mol. The molecule has 1 heterocycles. The molecule has 1 aliphatic rings. The second kappa shape index (κ2) is 8.48. The van der Waals surface area contributed by atoms with E-state index in [0.29, 0.717) is 25.3 Å². The number of ether oxygens (including phenoxy) is 1. The molecule has 1 atom stereocenters. The van der Waals surface area contributed by atoms with E-state index in [0.717, 1.165) is 25.0 Å². The van der Waals surface area contributed by atoms with Gasteiger partial charge in [-0.15, -0.1) is 0 Å². The summed E-state index contributed by atoms with van der Waals surface area (Å²) in [5, 5.41) is 0. The van der Waals surface area contributed by atoms with E-state index in [1.165, 1.54) is 10.4 Å². The third kappa shape index (κ3) is 5.95. The average Bonchev–Trinajstić information content (AvgIpc) is 2.55. The first-order valence-electron chi connectivity index (χ1n) is 8.12. The molecule has 1 saturated heterocycles. The van der Waals surface area contributed by atoms with Crippen LogP contribution >= 0.6 is 0 Å². The number of hydrogen-bond donors (Lipinski definition) is 1. The molecule has 1 aromatic carbocycles. The van der Waals surface area contributed by atoms with Crippen molar-refractivity contribution in [2.45, 2.75) is 25.4 Å². The molecule has 0 aromatic heterocycles. The SMILES string of the molecule is COCC1CCCN(S(=O)(=O)NCCc2cccc(C(F)(F)F)c2)C1. The molecule has 5 nitrogen and oxygen atoms in total. The van der Waals surface area contributed by atoms with E-state index in [9.17, 15) is 21.6 Å². The van der Waals surface area contributed by atoms with E-state index in [-0.39, 0.29) is 18.9 Å². The van der Waals surface area contributed by atoms with E-state index in [1.54, 1.807) is 13.2 Å². The number of hydrogen-bond acceptors (Lipinski definition) is 3. The predicted molar refractivity (Wildman–Crippen MR) is 88.2 cm³/mol. The molecule has 0 amide bonds. The van der Waals surface area contributed by atoms with Gasteiger partial charge in [-0.05, 0) is 36.8 Å². The fourth-order valence-corrected chi connectivity index (χ4v) is 4.25. The lowest BCUT2D eigenvalue weighted by Crippen LogP contribution is -2.47. The molecule has 25 heavy (non-hydrogen) atoms. The smallest absolute Gasteiger partial charge is 0.384 e. The first-order valence-corrected chi connectivity index (χ1v) is 9.56. The zero-order valence-electron chi connectivity index (χ0n) is 14.1. The first-order chi connectivity index (χ1) is 11.7. The van der Waals surface area contributed by atoms with Crippen LogP contribution in [-0.4, -0.2) is 46.1 Å². The Morgan fingerprint density at radius 1 is 1.36 bits per heavy atom. The largest absolute Gasteiger partial charge is 0.416 e. The van der Waals surface area contributed by atoms with Crippen LogP contribution in [0.2, 0.25) is 0 Å². The summed E-state index contributed by atoms with van der Waals surface area (Å²) in [6.07, 6.45) is -2.52. The minimum absolute atomic E-state index is 0.0507. The quantitative estimate of drug-likeness (QED) is 0.791. The van der Waals surface area contributed by atoms with Crippen molar-refractivity contribution >= 4 is 10.2 Å². The molecule has 0 saturated carbocycles. The summed E-state index contributed by atoms with van der Waals surface area (Å²) in [5.74, 6) is 0.166. The van der Waals surface area contributed by atoms with Gasteiger partial charge in [0, 0.05) is 26.7 Å². The van der Waals surface area contributed by atoms with Gasteiger partial charge in [0.15, 0.2) is 0 Å². The second-order valence-electron chi connectivity index (χ2n) is 6.17. The molecule has 142 valence electrons. The molecule has 0 radical (unpaired) electrons. The van der Waals surface area contributed by atoms with Gasteiger partial charge < -0.3 is 4.74 Å². The second-order valence-corrected chi connectivity index (χ2v) is 7.92. The van der Waals surface area contributed by atoms with Crippen LogP contribution in [0.5, 0.6) is 0 Å².